The lowest BCUT2D eigenvalue weighted by Gasteiger charge is -2.32. The molecule has 1 aromatic heterocycles. The molecule has 0 atom stereocenters. The fourth-order valence-electron chi connectivity index (χ4n) is 2.80. The number of hydrogen-bond acceptors (Lipinski definition) is 4. The molecule has 0 unspecified atom stereocenters. The van der Waals surface area contributed by atoms with E-state index in [0.717, 1.165) is 38.0 Å². The minimum absolute atomic E-state index is 0.163. The maximum absolute atomic E-state index is 12.1. The lowest BCUT2D eigenvalue weighted by Crippen LogP contribution is -2.44. The van der Waals surface area contributed by atoms with Gasteiger partial charge in [-0.1, -0.05) is 29.3 Å². The molecule has 2 heterocycles. The van der Waals surface area contributed by atoms with Gasteiger partial charge in [0.25, 0.3) is 5.91 Å². The lowest BCUT2D eigenvalue weighted by molar-refractivity contribution is 0.0903. The summed E-state index contributed by atoms with van der Waals surface area (Å²) >= 11 is 12.2. The second-order valence-corrected chi connectivity index (χ2v) is 6.69. The monoisotopic (exact) mass is 364 g/mol. The van der Waals surface area contributed by atoms with Gasteiger partial charge in [0.1, 0.15) is 5.69 Å². The van der Waals surface area contributed by atoms with Crippen molar-refractivity contribution in [3.63, 3.8) is 0 Å². The third kappa shape index (κ3) is 4.44. The minimum Gasteiger partial charge on any atom is -0.348 e. The molecule has 1 aliphatic heterocycles. The zero-order chi connectivity index (χ0) is 16.9. The number of likely N-dealkylation sites (tertiary alicyclic amines) is 1. The number of halogens is 2. The Bertz CT molecular complexity index is 703. The van der Waals surface area contributed by atoms with Crippen molar-refractivity contribution < 1.29 is 4.79 Å². The summed E-state index contributed by atoms with van der Waals surface area (Å²) in [6, 6.07) is 5.76. The summed E-state index contributed by atoms with van der Waals surface area (Å²) in [6.07, 6.45) is 6.35. The van der Waals surface area contributed by atoms with E-state index in [1.807, 2.05) is 12.1 Å². The molecule has 2 aromatic rings. The number of carbonyl (C=O) groups is 1. The number of aromatic nitrogens is 2. The highest BCUT2D eigenvalue weighted by Gasteiger charge is 2.22. The maximum atomic E-state index is 12.1. The average Bonchev–Trinajstić information content (AvgIpc) is 2.60. The normalized spacial score (nSPS) is 16.1. The van der Waals surface area contributed by atoms with Crippen molar-refractivity contribution in [3.05, 3.63) is 58.1 Å². The molecule has 5 nitrogen and oxygen atoms in total. The first-order valence-electron chi connectivity index (χ1n) is 7.85. The molecule has 0 aliphatic carbocycles. The van der Waals surface area contributed by atoms with Crippen LogP contribution in [0.3, 0.4) is 0 Å². The zero-order valence-corrected chi connectivity index (χ0v) is 14.6. The first kappa shape index (κ1) is 17.1. The summed E-state index contributed by atoms with van der Waals surface area (Å²) in [5.41, 5.74) is 1.43. The molecule has 1 aromatic carbocycles. The Balaban J connectivity index is 1.50. The molecule has 0 radical (unpaired) electrons. The molecule has 0 spiro atoms. The summed E-state index contributed by atoms with van der Waals surface area (Å²) < 4.78 is 0. The van der Waals surface area contributed by atoms with Gasteiger partial charge in [0.05, 0.1) is 6.20 Å². The van der Waals surface area contributed by atoms with Gasteiger partial charge in [0, 0.05) is 48.1 Å². The molecule has 1 amide bonds. The van der Waals surface area contributed by atoms with Crippen molar-refractivity contribution in [2.45, 2.75) is 25.4 Å². The molecule has 1 N–H and O–H groups in total. The predicted molar refractivity (Wildman–Crippen MR) is 94.3 cm³/mol. The third-order valence-electron chi connectivity index (χ3n) is 4.13. The number of nitrogens with zero attached hydrogens (tertiary/aromatic N) is 3. The van der Waals surface area contributed by atoms with Gasteiger partial charge in [0.15, 0.2) is 0 Å². The van der Waals surface area contributed by atoms with Crippen LogP contribution < -0.4 is 5.32 Å². The molecular weight excluding hydrogens is 347 g/mol. The first-order chi connectivity index (χ1) is 11.6. The Labute approximate surface area is 151 Å². The van der Waals surface area contributed by atoms with E-state index in [-0.39, 0.29) is 11.9 Å². The fourth-order valence-corrected chi connectivity index (χ4v) is 3.27. The van der Waals surface area contributed by atoms with Gasteiger partial charge in [-0.25, -0.2) is 4.98 Å². The number of nitrogens with one attached hydrogen (secondary N) is 1. The van der Waals surface area contributed by atoms with Crippen LogP contribution in [0.15, 0.2) is 36.8 Å². The number of amides is 1. The Kier molecular flexibility index (Phi) is 5.66. The van der Waals surface area contributed by atoms with Crippen molar-refractivity contribution in [1.29, 1.82) is 0 Å². The molecule has 126 valence electrons. The van der Waals surface area contributed by atoms with Crippen molar-refractivity contribution in [2.24, 2.45) is 0 Å². The van der Waals surface area contributed by atoms with Crippen LogP contribution in [0.2, 0.25) is 10.0 Å². The van der Waals surface area contributed by atoms with Crippen LogP contribution in [0, 0.1) is 0 Å². The molecule has 0 bridgehead atoms. The second kappa shape index (κ2) is 7.92. The third-order valence-corrected chi connectivity index (χ3v) is 4.71. The van der Waals surface area contributed by atoms with Crippen LogP contribution in [-0.2, 0) is 6.54 Å². The van der Waals surface area contributed by atoms with E-state index in [2.05, 4.69) is 20.2 Å². The van der Waals surface area contributed by atoms with Crippen LogP contribution in [0.4, 0.5) is 0 Å². The van der Waals surface area contributed by atoms with Gasteiger partial charge in [-0.05, 0) is 30.5 Å². The zero-order valence-electron chi connectivity index (χ0n) is 13.1. The number of benzene rings is 1. The molecular formula is C17H18Cl2N4O. The van der Waals surface area contributed by atoms with Crippen LogP contribution in [0.25, 0.3) is 0 Å². The second-order valence-electron chi connectivity index (χ2n) is 5.85. The van der Waals surface area contributed by atoms with Gasteiger partial charge in [-0.2, -0.15) is 0 Å². The SMILES string of the molecule is O=C(NC1CCN(Cc2ccc(Cl)cc2Cl)CC1)c1cnccn1. The van der Waals surface area contributed by atoms with E-state index in [0.29, 0.717) is 15.7 Å². The largest absolute Gasteiger partial charge is 0.348 e. The highest BCUT2D eigenvalue weighted by atomic mass is 35.5. The van der Waals surface area contributed by atoms with Crippen LogP contribution in [0.1, 0.15) is 28.9 Å². The van der Waals surface area contributed by atoms with Gasteiger partial charge < -0.3 is 5.32 Å². The molecule has 1 fully saturated rings. The number of piperidine rings is 1. The summed E-state index contributed by atoms with van der Waals surface area (Å²) in [4.78, 5) is 22.4. The van der Waals surface area contributed by atoms with E-state index in [9.17, 15) is 4.79 Å². The van der Waals surface area contributed by atoms with Crippen LogP contribution >= 0.6 is 23.2 Å². The van der Waals surface area contributed by atoms with E-state index in [1.165, 1.54) is 12.4 Å². The number of carbonyl (C=O) groups excluding carboxylic acids is 1. The van der Waals surface area contributed by atoms with E-state index in [1.54, 1.807) is 12.3 Å². The lowest BCUT2D eigenvalue weighted by atomic mass is 10.0. The average molecular weight is 365 g/mol. The number of rotatable bonds is 4. The van der Waals surface area contributed by atoms with Gasteiger partial charge in [0.2, 0.25) is 0 Å². The van der Waals surface area contributed by atoms with Crippen LogP contribution in [-0.4, -0.2) is 39.9 Å². The quantitative estimate of drug-likeness (QED) is 0.904. The van der Waals surface area contributed by atoms with E-state index >= 15 is 0 Å². The minimum atomic E-state index is -0.165. The maximum Gasteiger partial charge on any atom is 0.271 e. The topological polar surface area (TPSA) is 58.1 Å². The molecule has 3 rings (SSSR count). The molecule has 24 heavy (non-hydrogen) atoms. The van der Waals surface area contributed by atoms with Crippen molar-refractivity contribution in [3.8, 4) is 0 Å². The smallest absolute Gasteiger partial charge is 0.271 e. The van der Waals surface area contributed by atoms with Crippen LogP contribution in [0.5, 0.6) is 0 Å². The van der Waals surface area contributed by atoms with Gasteiger partial charge >= 0.3 is 0 Å². The Morgan fingerprint density at radius 1 is 1.25 bits per heavy atom. The Morgan fingerprint density at radius 3 is 2.71 bits per heavy atom. The predicted octanol–water partition coefficient (Wildman–Crippen LogP) is 3.18. The van der Waals surface area contributed by atoms with E-state index in [4.69, 9.17) is 23.2 Å². The standard InChI is InChI=1S/C17H18Cl2N4O/c18-13-2-1-12(15(19)9-13)11-23-7-3-14(4-8-23)22-17(24)16-10-20-5-6-21-16/h1-2,5-6,9-10,14H,3-4,7-8,11H2,(H,22,24). The summed E-state index contributed by atoms with van der Waals surface area (Å²) in [7, 11) is 0. The summed E-state index contributed by atoms with van der Waals surface area (Å²) in [6.45, 7) is 2.61. The highest BCUT2D eigenvalue weighted by Crippen LogP contribution is 2.23. The number of hydrogen-bond donors (Lipinski definition) is 1. The Morgan fingerprint density at radius 2 is 2.04 bits per heavy atom. The van der Waals surface area contributed by atoms with Crippen molar-refractivity contribution >= 4 is 29.1 Å². The molecule has 7 heteroatoms. The van der Waals surface area contributed by atoms with Gasteiger partial charge in [-0.3, -0.25) is 14.7 Å². The van der Waals surface area contributed by atoms with E-state index < -0.39 is 0 Å². The summed E-state index contributed by atoms with van der Waals surface area (Å²) in [5.74, 6) is -0.165. The van der Waals surface area contributed by atoms with Gasteiger partial charge in [-0.15, -0.1) is 0 Å². The first-order valence-corrected chi connectivity index (χ1v) is 8.60. The van der Waals surface area contributed by atoms with Crippen molar-refractivity contribution in [2.75, 3.05) is 13.1 Å². The highest BCUT2D eigenvalue weighted by molar-refractivity contribution is 6.35. The fraction of sp³-hybridized carbons (Fsp3) is 0.353. The molecule has 1 aliphatic rings. The van der Waals surface area contributed by atoms with Crippen molar-refractivity contribution in [1.82, 2.24) is 20.2 Å². The molecule has 0 saturated carbocycles. The molecule has 1 saturated heterocycles. The summed E-state index contributed by atoms with van der Waals surface area (Å²) in [5, 5.41) is 4.37. The Hall–Kier alpha value is -1.69.